The molecule has 0 saturated carbocycles. The fourth-order valence-corrected chi connectivity index (χ4v) is 2.12. The smallest absolute Gasteiger partial charge is 0.165 e. The lowest BCUT2D eigenvalue weighted by Crippen LogP contribution is -2.04. The van der Waals surface area contributed by atoms with Crippen LogP contribution in [0.15, 0.2) is 36.9 Å². The Morgan fingerprint density at radius 3 is 2.76 bits per heavy atom. The molecular formula is C14H14ClN5O. The Hall–Kier alpha value is -2.18. The number of methoxy groups -OCH3 is 1. The molecule has 0 aliphatic rings. The molecule has 1 aromatic carbocycles. The predicted octanol–water partition coefficient (Wildman–Crippen LogP) is 2.87. The van der Waals surface area contributed by atoms with E-state index in [1.807, 2.05) is 28.8 Å². The molecule has 21 heavy (non-hydrogen) atoms. The molecule has 2 heterocycles. The topological polar surface area (TPSA) is 64.9 Å². The number of ether oxygens (including phenoxy) is 1. The first-order chi connectivity index (χ1) is 10.3. The van der Waals surface area contributed by atoms with Gasteiger partial charge in [0.05, 0.1) is 12.9 Å². The van der Waals surface area contributed by atoms with E-state index in [4.69, 9.17) is 16.3 Å². The number of imidazole rings is 1. The minimum absolute atomic E-state index is 0.607. The molecule has 6 nitrogen and oxygen atoms in total. The molecule has 3 rings (SSSR count). The molecule has 3 aromatic rings. The minimum Gasteiger partial charge on any atom is -0.383 e. The van der Waals surface area contributed by atoms with Crippen molar-refractivity contribution >= 4 is 34.3 Å². The van der Waals surface area contributed by atoms with Crippen LogP contribution in [0.1, 0.15) is 0 Å². The quantitative estimate of drug-likeness (QED) is 0.785. The van der Waals surface area contributed by atoms with Gasteiger partial charge in [0.2, 0.25) is 0 Å². The second-order valence-corrected chi connectivity index (χ2v) is 4.89. The average Bonchev–Trinajstić information content (AvgIpc) is 2.92. The van der Waals surface area contributed by atoms with E-state index < -0.39 is 0 Å². The Labute approximate surface area is 126 Å². The molecule has 0 spiro atoms. The van der Waals surface area contributed by atoms with Crippen LogP contribution in [-0.2, 0) is 11.3 Å². The Balaban J connectivity index is 1.92. The van der Waals surface area contributed by atoms with Gasteiger partial charge in [-0.05, 0) is 24.3 Å². The van der Waals surface area contributed by atoms with Crippen LogP contribution in [0.25, 0.3) is 11.2 Å². The summed E-state index contributed by atoms with van der Waals surface area (Å²) in [5.74, 6) is 0.665. The van der Waals surface area contributed by atoms with Gasteiger partial charge in [-0.15, -0.1) is 0 Å². The third-order valence-corrected chi connectivity index (χ3v) is 3.30. The molecule has 2 aromatic heterocycles. The summed E-state index contributed by atoms with van der Waals surface area (Å²) in [6.45, 7) is 1.31. The lowest BCUT2D eigenvalue weighted by Gasteiger charge is -2.06. The number of aromatic nitrogens is 4. The van der Waals surface area contributed by atoms with Crippen LogP contribution >= 0.6 is 11.6 Å². The van der Waals surface area contributed by atoms with Crippen LogP contribution in [-0.4, -0.2) is 33.2 Å². The van der Waals surface area contributed by atoms with Crippen molar-refractivity contribution in [3.05, 3.63) is 41.9 Å². The Morgan fingerprint density at radius 2 is 2.00 bits per heavy atom. The highest BCUT2D eigenvalue weighted by atomic mass is 35.5. The number of anilines is 2. The summed E-state index contributed by atoms with van der Waals surface area (Å²) in [5, 5.41) is 3.92. The number of benzene rings is 1. The number of fused-ring (bicyclic) bond motifs is 1. The third-order valence-electron chi connectivity index (χ3n) is 3.04. The minimum atomic E-state index is 0.607. The summed E-state index contributed by atoms with van der Waals surface area (Å²) in [6, 6.07) is 7.41. The second kappa shape index (κ2) is 6.07. The highest BCUT2D eigenvalue weighted by molar-refractivity contribution is 6.30. The first-order valence-electron chi connectivity index (χ1n) is 6.45. The van der Waals surface area contributed by atoms with Gasteiger partial charge in [-0.2, -0.15) is 0 Å². The SMILES string of the molecule is COCCn1cnc2c(Nc3ccc(Cl)cc3)ncnc21. The van der Waals surface area contributed by atoms with Crippen LogP contribution in [0.3, 0.4) is 0 Å². The van der Waals surface area contributed by atoms with Gasteiger partial charge in [-0.1, -0.05) is 11.6 Å². The molecule has 0 amide bonds. The molecule has 0 saturated heterocycles. The fraction of sp³-hybridized carbons (Fsp3) is 0.214. The number of nitrogens with zero attached hydrogens (tertiary/aromatic N) is 4. The maximum atomic E-state index is 5.88. The molecule has 0 aliphatic carbocycles. The highest BCUT2D eigenvalue weighted by Gasteiger charge is 2.10. The molecule has 0 radical (unpaired) electrons. The van der Waals surface area contributed by atoms with Crippen molar-refractivity contribution in [1.82, 2.24) is 19.5 Å². The molecule has 7 heteroatoms. The van der Waals surface area contributed by atoms with Gasteiger partial charge in [0, 0.05) is 24.4 Å². The Bertz CT molecular complexity index is 741. The zero-order chi connectivity index (χ0) is 14.7. The van der Waals surface area contributed by atoms with Gasteiger partial charge in [-0.25, -0.2) is 15.0 Å². The summed E-state index contributed by atoms with van der Waals surface area (Å²) in [4.78, 5) is 12.9. The highest BCUT2D eigenvalue weighted by Crippen LogP contribution is 2.22. The van der Waals surface area contributed by atoms with E-state index in [-0.39, 0.29) is 0 Å². The number of rotatable bonds is 5. The summed E-state index contributed by atoms with van der Waals surface area (Å²) in [5.41, 5.74) is 2.40. The molecule has 0 unspecified atom stereocenters. The maximum absolute atomic E-state index is 5.88. The van der Waals surface area contributed by atoms with E-state index >= 15 is 0 Å². The molecule has 0 fully saturated rings. The van der Waals surface area contributed by atoms with E-state index in [2.05, 4.69) is 20.3 Å². The van der Waals surface area contributed by atoms with Gasteiger partial charge in [0.15, 0.2) is 17.0 Å². The van der Waals surface area contributed by atoms with Crippen LogP contribution in [0.5, 0.6) is 0 Å². The largest absolute Gasteiger partial charge is 0.383 e. The Morgan fingerprint density at radius 1 is 1.19 bits per heavy atom. The number of halogens is 1. The lowest BCUT2D eigenvalue weighted by atomic mass is 10.3. The first kappa shape index (κ1) is 13.8. The molecule has 0 bridgehead atoms. The molecule has 0 atom stereocenters. The van der Waals surface area contributed by atoms with Crippen LogP contribution in [0, 0.1) is 0 Å². The van der Waals surface area contributed by atoms with Crippen molar-refractivity contribution in [3.63, 3.8) is 0 Å². The summed E-state index contributed by atoms with van der Waals surface area (Å²) >= 11 is 5.88. The van der Waals surface area contributed by atoms with Crippen LogP contribution in [0.2, 0.25) is 5.02 Å². The molecule has 1 N–H and O–H groups in total. The van der Waals surface area contributed by atoms with E-state index in [0.717, 1.165) is 16.9 Å². The van der Waals surface area contributed by atoms with E-state index in [1.165, 1.54) is 6.33 Å². The van der Waals surface area contributed by atoms with Crippen molar-refractivity contribution < 1.29 is 4.74 Å². The van der Waals surface area contributed by atoms with E-state index in [9.17, 15) is 0 Å². The molecule has 108 valence electrons. The van der Waals surface area contributed by atoms with Crippen molar-refractivity contribution in [3.8, 4) is 0 Å². The predicted molar refractivity (Wildman–Crippen MR) is 81.9 cm³/mol. The average molecular weight is 304 g/mol. The summed E-state index contributed by atoms with van der Waals surface area (Å²) in [7, 11) is 1.67. The van der Waals surface area contributed by atoms with Crippen LogP contribution < -0.4 is 5.32 Å². The van der Waals surface area contributed by atoms with Gasteiger partial charge in [0.25, 0.3) is 0 Å². The monoisotopic (exact) mass is 303 g/mol. The van der Waals surface area contributed by atoms with Gasteiger partial charge < -0.3 is 14.6 Å². The lowest BCUT2D eigenvalue weighted by molar-refractivity contribution is 0.188. The first-order valence-corrected chi connectivity index (χ1v) is 6.83. The third kappa shape index (κ3) is 2.96. The maximum Gasteiger partial charge on any atom is 0.165 e. The van der Waals surface area contributed by atoms with Gasteiger partial charge in [0.1, 0.15) is 6.33 Å². The Kier molecular flexibility index (Phi) is 3.98. The zero-order valence-electron chi connectivity index (χ0n) is 11.5. The van der Waals surface area contributed by atoms with Crippen molar-refractivity contribution in [2.75, 3.05) is 19.0 Å². The van der Waals surface area contributed by atoms with Crippen LogP contribution in [0.4, 0.5) is 11.5 Å². The fourth-order valence-electron chi connectivity index (χ4n) is 2.00. The standard InChI is InChI=1S/C14H14ClN5O/c1-21-7-6-20-9-18-12-13(16-8-17-14(12)20)19-11-4-2-10(15)3-5-11/h2-5,8-9H,6-7H2,1H3,(H,16,17,19). The summed E-state index contributed by atoms with van der Waals surface area (Å²) < 4.78 is 7.02. The van der Waals surface area contributed by atoms with E-state index in [0.29, 0.717) is 24.0 Å². The van der Waals surface area contributed by atoms with Gasteiger partial charge >= 0.3 is 0 Å². The van der Waals surface area contributed by atoms with Crippen molar-refractivity contribution in [1.29, 1.82) is 0 Å². The normalized spacial score (nSPS) is 11.0. The number of hydrogen-bond donors (Lipinski definition) is 1. The second-order valence-electron chi connectivity index (χ2n) is 4.46. The molecule has 0 aliphatic heterocycles. The zero-order valence-corrected chi connectivity index (χ0v) is 12.2. The van der Waals surface area contributed by atoms with Crippen molar-refractivity contribution in [2.24, 2.45) is 0 Å². The summed E-state index contributed by atoms with van der Waals surface area (Å²) in [6.07, 6.45) is 3.26. The van der Waals surface area contributed by atoms with Gasteiger partial charge in [-0.3, -0.25) is 0 Å². The number of hydrogen-bond acceptors (Lipinski definition) is 5. The van der Waals surface area contributed by atoms with Crippen molar-refractivity contribution in [2.45, 2.75) is 6.54 Å². The molecular weight excluding hydrogens is 290 g/mol. The number of nitrogens with one attached hydrogen (secondary N) is 1. The van der Waals surface area contributed by atoms with E-state index in [1.54, 1.807) is 13.4 Å².